The predicted molar refractivity (Wildman–Crippen MR) is 74.5 cm³/mol. The van der Waals surface area contributed by atoms with Gasteiger partial charge in [-0.1, -0.05) is 26.2 Å². The number of rotatable bonds is 4. The van der Waals surface area contributed by atoms with Gasteiger partial charge in [-0.15, -0.1) is 0 Å². The minimum Gasteiger partial charge on any atom is -0.342 e. The van der Waals surface area contributed by atoms with E-state index in [2.05, 4.69) is 12.2 Å². The fraction of sp³-hybridized carbons (Fsp3) is 0.933. The average Bonchev–Trinajstić information content (AvgIpc) is 2.46. The third-order valence-electron chi connectivity index (χ3n) is 4.61. The Hall–Kier alpha value is -0.570. The first-order chi connectivity index (χ1) is 8.79. The Kier molecular flexibility index (Phi) is 5.48. The minimum absolute atomic E-state index is 0.313. The first kappa shape index (κ1) is 13.9. The molecule has 0 aromatic carbocycles. The fourth-order valence-electron chi connectivity index (χ4n) is 3.33. The molecule has 1 saturated carbocycles. The van der Waals surface area contributed by atoms with E-state index in [1.807, 2.05) is 4.90 Å². The molecule has 3 heteroatoms. The summed E-state index contributed by atoms with van der Waals surface area (Å²) in [5.74, 6) is 1.19. The number of carbonyl (C=O) groups excluding carboxylic acids is 1. The lowest BCUT2D eigenvalue weighted by Gasteiger charge is -2.31. The van der Waals surface area contributed by atoms with Crippen LogP contribution in [-0.4, -0.2) is 36.5 Å². The van der Waals surface area contributed by atoms with E-state index in [1.165, 1.54) is 51.4 Å². The number of likely N-dealkylation sites (tertiary alicyclic amines) is 1. The Labute approximate surface area is 111 Å². The SMILES string of the molecule is CCC1CCCC(NCC(=O)N2CCCCC2)C1. The zero-order chi connectivity index (χ0) is 12.8. The topological polar surface area (TPSA) is 32.3 Å². The van der Waals surface area contributed by atoms with E-state index in [1.54, 1.807) is 0 Å². The lowest BCUT2D eigenvalue weighted by Crippen LogP contribution is -2.44. The molecule has 3 nitrogen and oxygen atoms in total. The third kappa shape index (κ3) is 3.98. The molecule has 0 aromatic heterocycles. The largest absolute Gasteiger partial charge is 0.342 e. The number of hydrogen-bond acceptors (Lipinski definition) is 2. The van der Waals surface area contributed by atoms with Gasteiger partial charge in [0.05, 0.1) is 6.54 Å². The van der Waals surface area contributed by atoms with E-state index < -0.39 is 0 Å². The van der Waals surface area contributed by atoms with Crippen LogP contribution >= 0.6 is 0 Å². The predicted octanol–water partition coefficient (Wildman–Crippen LogP) is 2.56. The van der Waals surface area contributed by atoms with Crippen molar-refractivity contribution in [1.82, 2.24) is 10.2 Å². The first-order valence-corrected chi connectivity index (χ1v) is 7.80. The number of hydrogen-bond donors (Lipinski definition) is 1. The highest BCUT2D eigenvalue weighted by molar-refractivity contribution is 5.78. The summed E-state index contributed by atoms with van der Waals surface area (Å²) in [6, 6.07) is 0.581. The summed E-state index contributed by atoms with van der Waals surface area (Å²) in [7, 11) is 0. The summed E-state index contributed by atoms with van der Waals surface area (Å²) >= 11 is 0. The van der Waals surface area contributed by atoms with Crippen molar-refractivity contribution >= 4 is 5.91 Å². The number of nitrogens with one attached hydrogen (secondary N) is 1. The van der Waals surface area contributed by atoms with Crippen LogP contribution < -0.4 is 5.32 Å². The number of carbonyl (C=O) groups is 1. The van der Waals surface area contributed by atoms with Crippen molar-refractivity contribution in [2.75, 3.05) is 19.6 Å². The molecule has 2 unspecified atom stereocenters. The van der Waals surface area contributed by atoms with Gasteiger partial charge >= 0.3 is 0 Å². The van der Waals surface area contributed by atoms with Crippen LogP contribution in [0.15, 0.2) is 0 Å². The molecule has 2 fully saturated rings. The van der Waals surface area contributed by atoms with Crippen molar-refractivity contribution in [1.29, 1.82) is 0 Å². The molecule has 0 radical (unpaired) electrons. The zero-order valence-corrected chi connectivity index (χ0v) is 11.8. The molecule has 1 aliphatic carbocycles. The summed E-state index contributed by atoms with van der Waals surface area (Å²) in [6.45, 7) is 4.79. The smallest absolute Gasteiger partial charge is 0.236 e. The highest BCUT2D eigenvalue weighted by Crippen LogP contribution is 2.26. The number of amides is 1. The molecular weight excluding hydrogens is 224 g/mol. The molecule has 1 saturated heterocycles. The molecule has 1 N–H and O–H groups in total. The second-order valence-corrected chi connectivity index (χ2v) is 5.96. The maximum absolute atomic E-state index is 12.1. The number of nitrogens with zero attached hydrogens (tertiary/aromatic N) is 1. The van der Waals surface area contributed by atoms with E-state index in [-0.39, 0.29) is 0 Å². The van der Waals surface area contributed by atoms with Crippen LogP contribution in [0, 0.1) is 5.92 Å². The zero-order valence-electron chi connectivity index (χ0n) is 11.8. The van der Waals surface area contributed by atoms with Crippen LogP contribution in [-0.2, 0) is 4.79 Å². The number of piperidine rings is 1. The molecule has 0 bridgehead atoms. The first-order valence-electron chi connectivity index (χ1n) is 7.80. The highest BCUT2D eigenvalue weighted by Gasteiger charge is 2.22. The maximum Gasteiger partial charge on any atom is 0.236 e. The molecule has 1 aliphatic heterocycles. The Bertz CT molecular complexity index is 261. The van der Waals surface area contributed by atoms with Gasteiger partial charge in [0.2, 0.25) is 5.91 Å². The van der Waals surface area contributed by atoms with Gasteiger partial charge in [-0.3, -0.25) is 4.79 Å². The van der Waals surface area contributed by atoms with Gasteiger partial charge in [-0.05, 0) is 38.0 Å². The molecule has 104 valence electrons. The van der Waals surface area contributed by atoms with Crippen molar-refractivity contribution in [2.45, 2.75) is 64.3 Å². The summed E-state index contributed by atoms with van der Waals surface area (Å²) in [5.41, 5.74) is 0. The van der Waals surface area contributed by atoms with Crippen molar-refractivity contribution in [3.05, 3.63) is 0 Å². The van der Waals surface area contributed by atoms with Gasteiger partial charge in [0.15, 0.2) is 0 Å². The maximum atomic E-state index is 12.1. The Balaban J connectivity index is 1.68. The van der Waals surface area contributed by atoms with Crippen molar-refractivity contribution < 1.29 is 4.79 Å². The summed E-state index contributed by atoms with van der Waals surface area (Å²) in [4.78, 5) is 14.1. The molecule has 1 amide bonds. The van der Waals surface area contributed by atoms with E-state index in [4.69, 9.17) is 0 Å². The molecule has 1 heterocycles. The molecule has 0 spiro atoms. The molecule has 18 heavy (non-hydrogen) atoms. The van der Waals surface area contributed by atoms with Crippen LogP contribution in [0.25, 0.3) is 0 Å². The van der Waals surface area contributed by atoms with E-state index in [0.717, 1.165) is 19.0 Å². The Morgan fingerprint density at radius 2 is 1.94 bits per heavy atom. The molecule has 2 rings (SSSR count). The van der Waals surface area contributed by atoms with Crippen LogP contribution in [0.4, 0.5) is 0 Å². The van der Waals surface area contributed by atoms with Gasteiger partial charge in [-0.2, -0.15) is 0 Å². The van der Waals surface area contributed by atoms with Crippen LogP contribution in [0.5, 0.6) is 0 Å². The van der Waals surface area contributed by atoms with Gasteiger partial charge in [0, 0.05) is 19.1 Å². The quantitative estimate of drug-likeness (QED) is 0.834. The van der Waals surface area contributed by atoms with Crippen LogP contribution in [0.1, 0.15) is 58.3 Å². The second-order valence-electron chi connectivity index (χ2n) is 5.96. The standard InChI is InChI=1S/C15H28N2O/c1-2-13-7-6-8-14(11-13)16-12-15(18)17-9-4-3-5-10-17/h13-14,16H,2-12H2,1H3. The average molecular weight is 252 g/mol. The van der Waals surface area contributed by atoms with Crippen LogP contribution in [0.3, 0.4) is 0 Å². The summed E-state index contributed by atoms with van der Waals surface area (Å²) < 4.78 is 0. The second kappa shape index (κ2) is 7.13. The van der Waals surface area contributed by atoms with E-state index in [0.29, 0.717) is 18.5 Å². The van der Waals surface area contributed by atoms with E-state index in [9.17, 15) is 4.79 Å². The monoisotopic (exact) mass is 252 g/mol. The lowest BCUT2D eigenvalue weighted by atomic mass is 9.84. The molecule has 0 aromatic rings. The van der Waals surface area contributed by atoms with Crippen molar-refractivity contribution in [2.24, 2.45) is 5.92 Å². The van der Waals surface area contributed by atoms with Crippen LogP contribution in [0.2, 0.25) is 0 Å². The normalized spacial score (nSPS) is 29.3. The lowest BCUT2D eigenvalue weighted by molar-refractivity contribution is -0.131. The third-order valence-corrected chi connectivity index (χ3v) is 4.61. The minimum atomic E-state index is 0.313. The fourth-order valence-corrected chi connectivity index (χ4v) is 3.33. The summed E-state index contributed by atoms with van der Waals surface area (Å²) in [6.07, 6.45) is 10.2. The van der Waals surface area contributed by atoms with Gasteiger partial charge < -0.3 is 10.2 Å². The van der Waals surface area contributed by atoms with Crippen molar-refractivity contribution in [3.8, 4) is 0 Å². The van der Waals surface area contributed by atoms with E-state index >= 15 is 0 Å². The summed E-state index contributed by atoms with van der Waals surface area (Å²) in [5, 5.41) is 3.49. The molecule has 2 aliphatic rings. The molecular formula is C15H28N2O. The van der Waals surface area contributed by atoms with Gasteiger partial charge in [-0.25, -0.2) is 0 Å². The van der Waals surface area contributed by atoms with Gasteiger partial charge in [0.1, 0.15) is 0 Å². The Morgan fingerprint density at radius 1 is 1.17 bits per heavy atom. The van der Waals surface area contributed by atoms with Gasteiger partial charge in [0.25, 0.3) is 0 Å². The molecule has 2 atom stereocenters. The van der Waals surface area contributed by atoms with Crippen molar-refractivity contribution in [3.63, 3.8) is 0 Å². The Morgan fingerprint density at radius 3 is 2.67 bits per heavy atom. The highest BCUT2D eigenvalue weighted by atomic mass is 16.2.